The van der Waals surface area contributed by atoms with Crippen LogP contribution in [0.25, 0.3) is 0 Å². The smallest absolute Gasteiger partial charge is 0.124 e. The highest BCUT2D eigenvalue weighted by Crippen LogP contribution is 2.24. The maximum absolute atomic E-state index is 5.74. The van der Waals surface area contributed by atoms with Crippen molar-refractivity contribution in [3.05, 3.63) is 23.8 Å². The third-order valence-corrected chi connectivity index (χ3v) is 2.96. The first kappa shape index (κ1) is 11.3. The molecule has 1 aliphatic rings. The predicted octanol–water partition coefficient (Wildman–Crippen LogP) is 2.52. The van der Waals surface area contributed by atoms with Crippen LogP contribution in [0.15, 0.2) is 18.2 Å². The highest BCUT2D eigenvalue weighted by atomic mass is 16.5. The van der Waals surface area contributed by atoms with Crippen LogP contribution < -0.4 is 10.5 Å². The molecule has 2 unspecified atom stereocenters. The van der Waals surface area contributed by atoms with Gasteiger partial charge in [-0.25, -0.2) is 0 Å². The van der Waals surface area contributed by atoms with Crippen molar-refractivity contribution in [3.8, 4) is 5.75 Å². The van der Waals surface area contributed by atoms with Crippen molar-refractivity contribution in [3.63, 3.8) is 0 Å². The zero-order valence-electron chi connectivity index (χ0n) is 9.90. The summed E-state index contributed by atoms with van der Waals surface area (Å²) in [6.45, 7) is 4.74. The van der Waals surface area contributed by atoms with Crippen molar-refractivity contribution < 1.29 is 9.47 Å². The van der Waals surface area contributed by atoms with Crippen LogP contribution in [0, 0.1) is 6.92 Å². The zero-order valence-corrected chi connectivity index (χ0v) is 9.90. The molecule has 0 saturated carbocycles. The Hall–Kier alpha value is -1.22. The van der Waals surface area contributed by atoms with Gasteiger partial charge in [-0.1, -0.05) is 6.07 Å². The third-order valence-electron chi connectivity index (χ3n) is 2.96. The van der Waals surface area contributed by atoms with Gasteiger partial charge in [0, 0.05) is 11.8 Å². The summed E-state index contributed by atoms with van der Waals surface area (Å²) in [5, 5.41) is 0. The average Bonchev–Trinajstić information content (AvgIpc) is 2.66. The fourth-order valence-electron chi connectivity index (χ4n) is 1.96. The monoisotopic (exact) mass is 221 g/mol. The van der Waals surface area contributed by atoms with Crippen LogP contribution in [0.2, 0.25) is 0 Å². The third kappa shape index (κ3) is 2.67. The first-order valence-electron chi connectivity index (χ1n) is 5.79. The Morgan fingerprint density at radius 3 is 2.94 bits per heavy atom. The summed E-state index contributed by atoms with van der Waals surface area (Å²) in [5.41, 5.74) is 7.57. The van der Waals surface area contributed by atoms with Gasteiger partial charge in [0.25, 0.3) is 0 Å². The molecule has 2 N–H and O–H groups in total. The van der Waals surface area contributed by atoms with Gasteiger partial charge in [-0.05, 0) is 38.3 Å². The van der Waals surface area contributed by atoms with E-state index in [0.29, 0.717) is 12.7 Å². The maximum atomic E-state index is 5.74. The van der Waals surface area contributed by atoms with Crippen LogP contribution in [0.5, 0.6) is 5.75 Å². The van der Waals surface area contributed by atoms with E-state index in [1.165, 1.54) is 0 Å². The lowest BCUT2D eigenvalue weighted by Crippen LogP contribution is -2.18. The molecule has 16 heavy (non-hydrogen) atoms. The fraction of sp³-hybridized carbons (Fsp3) is 0.538. The van der Waals surface area contributed by atoms with Crippen molar-refractivity contribution in [1.82, 2.24) is 0 Å². The van der Waals surface area contributed by atoms with Gasteiger partial charge in [0.2, 0.25) is 0 Å². The summed E-state index contributed by atoms with van der Waals surface area (Å²) in [5.74, 6) is 0.864. The second kappa shape index (κ2) is 4.74. The minimum absolute atomic E-state index is 0.232. The lowest BCUT2D eigenvalue weighted by atomic mass is 10.2. The van der Waals surface area contributed by atoms with Crippen molar-refractivity contribution in [2.24, 2.45) is 0 Å². The Morgan fingerprint density at radius 1 is 1.44 bits per heavy atom. The molecule has 0 radical (unpaired) electrons. The summed E-state index contributed by atoms with van der Waals surface area (Å²) in [6.07, 6.45) is 2.82. The number of aryl methyl sites for hydroxylation is 1. The molecule has 0 bridgehead atoms. The van der Waals surface area contributed by atoms with E-state index in [4.69, 9.17) is 15.2 Å². The van der Waals surface area contributed by atoms with E-state index in [0.717, 1.165) is 29.8 Å². The van der Waals surface area contributed by atoms with Crippen LogP contribution >= 0.6 is 0 Å². The summed E-state index contributed by atoms with van der Waals surface area (Å²) in [6, 6.07) is 5.73. The predicted molar refractivity (Wildman–Crippen MR) is 64.7 cm³/mol. The number of ether oxygens (including phenoxy) is 2. The van der Waals surface area contributed by atoms with Crippen molar-refractivity contribution in [2.75, 3.05) is 12.3 Å². The molecule has 0 aliphatic carbocycles. The van der Waals surface area contributed by atoms with Gasteiger partial charge in [0.1, 0.15) is 12.4 Å². The van der Waals surface area contributed by atoms with Gasteiger partial charge in [0.15, 0.2) is 0 Å². The van der Waals surface area contributed by atoms with E-state index in [9.17, 15) is 0 Å². The Balaban J connectivity index is 1.91. The lowest BCUT2D eigenvalue weighted by Gasteiger charge is -2.14. The van der Waals surface area contributed by atoms with Crippen LogP contribution in [0.3, 0.4) is 0 Å². The number of hydrogen-bond donors (Lipinski definition) is 1. The van der Waals surface area contributed by atoms with E-state index in [1.807, 2.05) is 25.1 Å². The number of hydrogen-bond acceptors (Lipinski definition) is 3. The molecule has 3 heteroatoms. The van der Waals surface area contributed by atoms with Crippen molar-refractivity contribution in [1.29, 1.82) is 0 Å². The van der Waals surface area contributed by atoms with Crippen LogP contribution in [-0.4, -0.2) is 18.8 Å². The lowest BCUT2D eigenvalue weighted by molar-refractivity contribution is 0.0263. The summed E-state index contributed by atoms with van der Waals surface area (Å²) in [4.78, 5) is 0. The van der Waals surface area contributed by atoms with Crippen molar-refractivity contribution >= 4 is 5.69 Å². The molecule has 1 aromatic rings. The molecule has 0 spiro atoms. The quantitative estimate of drug-likeness (QED) is 0.798. The van der Waals surface area contributed by atoms with Gasteiger partial charge in [0.05, 0.1) is 12.2 Å². The first-order valence-corrected chi connectivity index (χ1v) is 5.79. The Labute approximate surface area is 96.5 Å². The fourth-order valence-corrected chi connectivity index (χ4v) is 1.96. The molecule has 1 saturated heterocycles. The van der Waals surface area contributed by atoms with E-state index < -0.39 is 0 Å². The number of benzene rings is 1. The molecule has 0 amide bonds. The van der Waals surface area contributed by atoms with E-state index in [1.54, 1.807) is 0 Å². The highest BCUT2D eigenvalue weighted by Gasteiger charge is 2.22. The molecule has 1 aliphatic heterocycles. The SMILES string of the molecule is Cc1ccc(N)cc1OCC1CCC(C)O1. The highest BCUT2D eigenvalue weighted by molar-refractivity contribution is 5.47. The Bertz CT molecular complexity index is 365. The van der Waals surface area contributed by atoms with Crippen molar-refractivity contribution in [2.45, 2.75) is 38.9 Å². The molecule has 0 aromatic heterocycles. The number of nitrogens with two attached hydrogens (primary N) is 1. The molecule has 1 fully saturated rings. The maximum Gasteiger partial charge on any atom is 0.124 e. The average molecular weight is 221 g/mol. The van der Waals surface area contributed by atoms with Gasteiger partial charge in [-0.3, -0.25) is 0 Å². The molecule has 88 valence electrons. The van der Waals surface area contributed by atoms with Crippen LogP contribution in [0.1, 0.15) is 25.3 Å². The van der Waals surface area contributed by atoms with Gasteiger partial charge in [-0.15, -0.1) is 0 Å². The van der Waals surface area contributed by atoms with E-state index in [2.05, 4.69) is 6.92 Å². The second-order valence-electron chi connectivity index (χ2n) is 4.48. The molecular formula is C13H19NO2. The molecule has 2 rings (SSSR count). The Kier molecular flexibility index (Phi) is 3.34. The molecule has 1 aromatic carbocycles. The van der Waals surface area contributed by atoms with Gasteiger partial charge < -0.3 is 15.2 Å². The summed E-state index contributed by atoms with van der Waals surface area (Å²) < 4.78 is 11.4. The molecule has 2 atom stereocenters. The minimum atomic E-state index is 0.232. The number of rotatable bonds is 3. The van der Waals surface area contributed by atoms with Gasteiger partial charge >= 0.3 is 0 Å². The Morgan fingerprint density at radius 2 is 2.25 bits per heavy atom. The molecular weight excluding hydrogens is 202 g/mol. The van der Waals surface area contributed by atoms with Crippen LogP contribution in [-0.2, 0) is 4.74 Å². The van der Waals surface area contributed by atoms with Gasteiger partial charge in [-0.2, -0.15) is 0 Å². The van der Waals surface area contributed by atoms with E-state index in [-0.39, 0.29) is 6.10 Å². The number of anilines is 1. The topological polar surface area (TPSA) is 44.5 Å². The van der Waals surface area contributed by atoms with Crippen LogP contribution in [0.4, 0.5) is 5.69 Å². The standard InChI is InChI=1S/C13H19NO2/c1-9-3-5-11(14)7-13(9)15-8-12-6-4-10(2)16-12/h3,5,7,10,12H,4,6,8,14H2,1-2H3. The first-order chi connectivity index (χ1) is 7.65. The number of nitrogen functional groups attached to an aromatic ring is 1. The molecule has 3 nitrogen and oxygen atoms in total. The summed E-state index contributed by atoms with van der Waals surface area (Å²) in [7, 11) is 0. The normalized spacial score (nSPS) is 24.6. The summed E-state index contributed by atoms with van der Waals surface area (Å²) >= 11 is 0. The zero-order chi connectivity index (χ0) is 11.5. The van der Waals surface area contributed by atoms with E-state index >= 15 is 0 Å². The second-order valence-corrected chi connectivity index (χ2v) is 4.48. The molecule has 1 heterocycles. The largest absolute Gasteiger partial charge is 0.491 e. The minimum Gasteiger partial charge on any atom is -0.491 e.